The Morgan fingerprint density at radius 2 is 2.24 bits per heavy atom. The summed E-state index contributed by atoms with van der Waals surface area (Å²) in [5.41, 5.74) is 1.37. The fourth-order valence-corrected chi connectivity index (χ4v) is 3.12. The molecule has 0 aromatic carbocycles. The fraction of sp³-hybridized carbons (Fsp3) is 0.462. The lowest BCUT2D eigenvalue weighted by atomic mass is 10.00. The molecule has 0 atom stereocenters. The van der Waals surface area contributed by atoms with Crippen LogP contribution in [0.15, 0.2) is 24.7 Å². The Morgan fingerprint density at radius 1 is 1.41 bits per heavy atom. The summed E-state index contributed by atoms with van der Waals surface area (Å²) in [4.78, 5) is 7.18. The SMILES string of the molecule is CCc1ccc(Cn2cncc2C2CNC2)s1. The summed E-state index contributed by atoms with van der Waals surface area (Å²) >= 11 is 1.91. The molecular formula is C13H17N3S. The van der Waals surface area contributed by atoms with E-state index in [0.29, 0.717) is 5.92 Å². The van der Waals surface area contributed by atoms with Crippen LogP contribution in [-0.2, 0) is 13.0 Å². The highest BCUT2D eigenvalue weighted by molar-refractivity contribution is 7.11. The predicted octanol–water partition coefficient (Wildman–Crippen LogP) is 2.24. The van der Waals surface area contributed by atoms with Crippen LogP contribution in [0.2, 0.25) is 0 Å². The molecule has 1 saturated heterocycles. The van der Waals surface area contributed by atoms with E-state index in [-0.39, 0.29) is 0 Å². The van der Waals surface area contributed by atoms with Gasteiger partial charge in [-0.05, 0) is 18.6 Å². The smallest absolute Gasteiger partial charge is 0.0951 e. The van der Waals surface area contributed by atoms with Crippen molar-refractivity contribution in [2.45, 2.75) is 25.8 Å². The van der Waals surface area contributed by atoms with E-state index in [2.05, 4.69) is 33.9 Å². The Bertz CT molecular complexity index is 496. The van der Waals surface area contributed by atoms with Crippen LogP contribution in [0.25, 0.3) is 0 Å². The van der Waals surface area contributed by atoms with Gasteiger partial charge in [0.2, 0.25) is 0 Å². The summed E-state index contributed by atoms with van der Waals surface area (Å²) < 4.78 is 2.29. The molecule has 3 nitrogen and oxygen atoms in total. The molecule has 0 bridgehead atoms. The number of aryl methyl sites for hydroxylation is 1. The number of hydrogen-bond donors (Lipinski definition) is 1. The van der Waals surface area contributed by atoms with Crippen molar-refractivity contribution >= 4 is 11.3 Å². The van der Waals surface area contributed by atoms with Crippen molar-refractivity contribution in [3.05, 3.63) is 40.1 Å². The zero-order chi connectivity index (χ0) is 11.7. The molecule has 0 amide bonds. The molecule has 0 radical (unpaired) electrons. The highest BCUT2D eigenvalue weighted by atomic mass is 32.1. The zero-order valence-electron chi connectivity index (χ0n) is 10.0. The molecule has 3 heterocycles. The summed E-state index contributed by atoms with van der Waals surface area (Å²) in [7, 11) is 0. The average molecular weight is 247 g/mol. The van der Waals surface area contributed by atoms with Crippen molar-refractivity contribution in [1.82, 2.24) is 14.9 Å². The highest BCUT2D eigenvalue weighted by Crippen LogP contribution is 2.23. The second-order valence-electron chi connectivity index (χ2n) is 4.52. The largest absolute Gasteiger partial charge is 0.329 e. The lowest BCUT2D eigenvalue weighted by Gasteiger charge is -2.27. The van der Waals surface area contributed by atoms with Gasteiger partial charge in [-0.1, -0.05) is 6.92 Å². The quantitative estimate of drug-likeness (QED) is 0.898. The molecule has 0 spiro atoms. The van der Waals surface area contributed by atoms with Crippen LogP contribution in [0.4, 0.5) is 0 Å². The summed E-state index contributed by atoms with van der Waals surface area (Å²) in [6.45, 7) is 5.36. The van der Waals surface area contributed by atoms with Gasteiger partial charge >= 0.3 is 0 Å². The topological polar surface area (TPSA) is 29.9 Å². The van der Waals surface area contributed by atoms with Crippen LogP contribution in [0, 0.1) is 0 Å². The van der Waals surface area contributed by atoms with E-state index in [1.807, 2.05) is 23.9 Å². The van der Waals surface area contributed by atoms with E-state index in [9.17, 15) is 0 Å². The van der Waals surface area contributed by atoms with Gasteiger partial charge in [-0.3, -0.25) is 0 Å². The maximum absolute atomic E-state index is 4.29. The maximum atomic E-state index is 4.29. The Kier molecular flexibility index (Phi) is 2.99. The Balaban J connectivity index is 1.77. The molecule has 90 valence electrons. The van der Waals surface area contributed by atoms with Gasteiger partial charge in [-0.2, -0.15) is 0 Å². The van der Waals surface area contributed by atoms with Crippen LogP contribution in [-0.4, -0.2) is 22.6 Å². The van der Waals surface area contributed by atoms with Crippen LogP contribution >= 0.6 is 11.3 Å². The van der Waals surface area contributed by atoms with Crippen molar-refractivity contribution < 1.29 is 0 Å². The highest BCUT2D eigenvalue weighted by Gasteiger charge is 2.22. The molecule has 3 rings (SSSR count). The summed E-state index contributed by atoms with van der Waals surface area (Å²) in [6.07, 6.45) is 5.10. The van der Waals surface area contributed by atoms with Crippen molar-refractivity contribution in [2.24, 2.45) is 0 Å². The monoisotopic (exact) mass is 247 g/mol. The molecule has 17 heavy (non-hydrogen) atoms. The number of nitrogens with one attached hydrogen (secondary N) is 1. The van der Waals surface area contributed by atoms with Crippen LogP contribution in [0.1, 0.15) is 28.3 Å². The lowest BCUT2D eigenvalue weighted by Crippen LogP contribution is -2.40. The van der Waals surface area contributed by atoms with Gasteiger partial charge in [0.1, 0.15) is 0 Å². The third kappa shape index (κ3) is 2.15. The van der Waals surface area contributed by atoms with Crippen molar-refractivity contribution in [3.8, 4) is 0 Å². The molecule has 1 fully saturated rings. The molecule has 1 aliphatic rings. The number of imidazole rings is 1. The molecule has 2 aromatic heterocycles. The number of rotatable bonds is 4. The minimum atomic E-state index is 0.656. The molecule has 0 saturated carbocycles. The van der Waals surface area contributed by atoms with E-state index in [1.165, 1.54) is 15.4 Å². The predicted molar refractivity (Wildman–Crippen MR) is 70.6 cm³/mol. The molecule has 0 aliphatic carbocycles. The molecule has 4 heteroatoms. The van der Waals surface area contributed by atoms with Gasteiger partial charge in [0.25, 0.3) is 0 Å². The first kappa shape index (κ1) is 11.0. The average Bonchev–Trinajstić information content (AvgIpc) is 2.87. The molecular weight excluding hydrogens is 230 g/mol. The van der Waals surface area contributed by atoms with E-state index in [4.69, 9.17) is 0 Å². The summed E-state index contributed by atoms with van der Waals surface area (Å²) in [6, 6.07) is 4.48. The van der Waals surface area contributed by atoms with Gasteiger partial charge in [-0.15, -0.1) is 11.3 Å². The van der Waals surface area contributed by atoms with Gasteiger partial charge in [-0.25, -0.2) is 4.98 Å². The van der Waals surface area contributed by atoms with Gasteiger partial charge in [0.05, 0.1) is 12.9 Å². The molecule has 1 N–H and O–H groups in total. The van der Waals surface area contributed by atoms with Crippen LogP contribution in [0.3, 0.4) is 0 Å². The van der Waals surface area contributed by atoms with E-state index in [1.54, 1.807) is 0 Å². The minimum Gasteiger partial charge on any atom is -0.329 e. The fourth-order valence-electron chi connectivity index (χ4n) is 2.17. The van der Waals surface area contributed by atoms with E-state index >= 15 is 0 Å². The Hall–Kier alpha value is -1.13. The number of nitrogens with zero attached hydrogens (tertiary/aromatic N) is 2. The minimum absolute atomic E-state index is 0.656. The Labute approximate surface area is 106 Å². The first-order valence-corrected chi connectivity index (χ1v) is 6.97. The van der Waals surface area contributed by atoms with Crippen molar-refractivity contribution in [2.75, 3.05) is 13.1 Å². The summed E-state index contributed by atoms with van der Waals surface area (Å²) in [5, 5.41) is 3.32. The number of hydrogen-bond acceptors (Lipinski definition) is 3. The van der Waals surface area contributed by atoms with Crippen LogP contribution < -0.4 is 5.32 Å². The third-order valence-corrected chi connectivity index (χ3v) is 4.55. The van der Waals surface area contributed by atoms with Crippen molar-refractivity contribution in [3.63, 3.8) is 0 Å². The van der Waals surface area contributed by atoms with Gasteiger partial charge < -0.3 is 9.88 Å². The first-order chi connectivity index (χ1) is 8.36. The van der Waals surface area contributed by atoms with Crippen LogP contribution in [0.5, 0.6) is 0 Å². The number of aromatic nitrogens is 2. The molecule has 1 aliphatic heterocycles. The van der Waals surface area contributed by atoms with E-state index in [0.717, 1.165) is 26.1 Å². The standard InChI is InChI=1S/C13H17N3S/c1-2-11-3-4-12(17-11)8-16-9-15-7-13(16)10-5-14-6-10/h3-4,7,9-10,14H,2,5-6,8H2,1H3. The zero-order valence-corrected chi connectivity index (χ0v) is 10.8. The van der Waals surface area contributed by atoms with Gasteiger partial charge in [0, 0.05) is 40.7 Å². The first-order valence-electron chi connectivity index (χ1n) is 6.15. The molecule has 0 unspecified atom stereocenters. The second kappa shape index (κ2) is 4.63. The van der Waals surface area contributed by atoms with Gasteiger partial charge in [0.15, 0.2) is 0 Å². The summed E-state index contributed by atoms with van der Waals surface area (Å²) in [5.74, 6) is 0.656. The van der Waals surface area contributed by atoms with Crippen molar-refractivity contribution in [1.29, 1.82) is 0 Å². The maximum Gasteiger partial charge on any atom is 0.0951 e. The second-order valence-corrected chi connectivity index (χ2v) is 5.78. The number of thiophene rings is 1. The third-order valence-electron chi connectivity index (χ3n) is 3.34. The van der Waals surface area contributed by atoms with E-state index < -0.39 is 0 Å². The lowest BCUT2D eigenvalue weighted by molar-refractivity contribution is 0.427. The normalized spacial score (nSPS) is 16.1. The molecule has 2 aromatic rings. The Morgan fingerprint density at radius 3 is 2.88 bits per heavy atom.